The Balaban J connectivity index is 1.71. The maximum atomic E-state index is 9.68. The minimum atomic E-state index is -0.223. The highest BCUT2D eigenvalue weighted by atomic mass is 32.1. The lowest BCUT2D eigenvalue weighted by Crippen LogP contribution is -2.38. The van der Waals surface area contributed by atoms with Crippen molar-refractivity contribution >= 4 is 12.2 Å². The van der Waals surface area contributed by atoms with E-state index in [1.54, 1.807) is 4.68 Å². The molecule has 124 valence electrons. The Hall–Kier alpha value is -1.50. The van der Waals surface area contributed by atoms with Crippen LogP contribution in [-0.2, 0) is 6.67 Å². The van der Waals surface area contributed by atoms with Crippen LogP contribution in [0.25, 0.3) is 11.5 Å². The fourth-order valence-electron chi connectivity index (χ4n) is 3.08. The van der Waals surface area contributed by atoms with Crippen LogP contribution in [-0.4, -0.2) is 39.0 Å². The molecule has 23 heavy (non-hydrogen) atoms. The quantitative estimate of drug-likeness (QED) is 0.871. The summed E-state index contributed by atoms with van der Waals surface area (Å²) in [5.41, 5.74) is 2.10. The van der Waals surface area contributed by atoms with Gasteiger partial charge >= 0.3 is 0 Å². The third kappa shape index (κ3) is 3.71. The van der Waals surface area contributed by atoms with Gasteiger partial charge in [-0.2, -0.15) is 0 Å². The minimum absolute atomic E-state index is 0.223. The molecule has 1 aromatic heterocycles. The third-order valence-electron chi connectivity index (χ3n) is 4.63. The van der Waals surface area contributed by atoms with E-state index >= 15 is 0 Å². The Kier molecular flexibility index (Phi) is 4.94. The van der Waals surface area contributed by atoms with Crippen molar-refractivity contribution < 1.29 is 9.52 Å². The largest absolute Gasteiger partial charge is 0.409 e. The lowest BCUT2D eigenvalue weighted by atomic mass is 9.92. The van der Waals surface area contributed by atoms with E-state index in [1.165, 1.54) is 0 Å². The van der Waals surface area contributed by atoms with Gasteiger partial charge in [0.2, 0.25) is 5.89 Å². The van der Waals surface area contributed by atoms with Crippen molar-refractivity contribution in [3.8, 4) is 11.5 Å². The number of aromatic nitrogens is 2. The first-order valence-corrected chi connectivity index (χ1v) is 8.50. The average molecular weight is 333 g/mol. The molecule has 2 heterocycles. The summed E-state index contributed by atoms with van der Waals surface area (Å²) in [6, 6.07) is 8.00. The smallest absolute Gasteiger partial charge is 0.288 e. The molecule has 1 unspecified atom stereocenters. The molecule has 1 aliphatic heterocycles. The monoisotopic (exact) mass is 333 g/mol. The molecule has 1 aliphatic rings. The van der Waals surface area contributed by atoms with Gasteiger partial charge in [0.05, 0.1) is 12.8 Å². The second-order valence-electron chi connectivity index (χ2n) is 6.33. The van der Waals surface area contributed by atoms with Crippen LogP contribution in [0.3, 0.4) is 0 Å². The number of hydrogen-bond acceptors (Lipinski definition) is 5. The van der Waals surface area contributed by atoms with Crippen molar-refractivity contribution in [3.05, 3.63) is 34.7 Å². The molecule has 3 rings (SSSR count). The Labute approximate surface area is 141 Å². The van der Waals surface area contributed by atoms with Crippen LogP contribution in [0.4, 0.5) is 0 Å². The number of aliphatic hydroxyl groups excluding tert-OH is 1. The van der Waals surface area contributed by atoms with Gasteiger partial charge in [0.25, 0.3) is 4.84 Å². The molecule has 5 nitrogen and oxygen atoms in total. The Bertz CT molecular complexity index is 715. The third-order valence-corrected chi connectivity index (χ3v) is 4.92. The number of aliphatic hydroxyl groups is 1. The molecular weight excluding hydrogens is 310 g/mol. The zero-order valence-corrected chi connectivity index (χ0v) is 14.4. The second kappa shape index (κ2) is 6.95. The lowest BCUT2D eigenvalue weighted by molar-refractivity contribution is 0.0588. The van der Waals surface area contributed by atoms with E-state index in [2.05, 4.69) is 10.00 Å². The predicted molar refractivity (Wildman–Crippen MR) is 91.5 cm³/mol. The molecule has 0 radical (unpaired) electrons. The van der Waals surface area contributed by atoms with Gasteiger partial charge < -0.3 is 9.52 Å². The van der Waals surface area contributed by atoms with E-state index in [9.17, 15) is 5.11 Å². The van der Waals surface area contributed by atoms with Gasteiger partial charge in [0.1, 0.15) is 0 Å². The van der Waals surface area contributed by atoms with Crippen LogP contribution in [0.15, 0.2) is 28.7 Å². The summed E-state index contributed by atoms with van der Waals surface area (Å²) in [6.45, 7) is 6.45. The molecule has 0 spiro atoms. The number of rotatable bonds is 4. The van der Waals surface area contributed by atoms with E-state index in [4.69, 9.17) is 16.6 Å². The first-order valence-electron chi connectivity index (χ1n) is 8.09. The standard InChI is InChI=1S/C17H23N3O2S/c1-12-5-3-4-6-15(12)16-18-20(17(23)22-16)11-19-9-7-14(8-10-19)13(2)21/h3-6,13-14,21H,7-11H2,1-2H3. The average Bonchev–Trinajstić information content (AvgIpc) is 2.89. The molecule has 6 heteroatoms. The Morgan fingerprint density at radius 2 is 2.04 bits per heavy atom. The van der Waals surface area contributed by atoms with E-state index < -0.39 is 0 Å². The Morgan fingerprint density at radius 3 is 2.70 bits per heavy atom. The van der Waals surface area contributed by atoms with Gasteiger partial charge in [-0.05, 0) is 56.5 Å². The number of nitrogens with zero attached hydrogens (tertiary/aromatic N) is 3. The maximum Gasteiger partial charge on any atom is 0.288 e. The SMILES string of the molecule is Cc1ccccc1-c1nn(CN2CCC(C(C)O)CC2)c(=S)o1. The summed E-state index contributed by atoms with van der Waals surface area (Å²) in [5.74, 6) is 0.978. The number of likely N-dealkylation sites (tertiary alicyclic amines) is 1. The van der Waals surface area contributed by atoms with Crippen molar-refractivity contribution in [3.63, 3.8) is 0 Å². The zero-order valence-electron chi connectivity index (χ0n) is 13.6. The summed E-state index contributed by atoms with van der Waals surface area (Å²) in [7, 11) is 0. The van der Waals surface area contributed by atoms with Crippen molar-refractivity contribution in [2.45, 2.75) is 39.5 Å². The summed E-state index contributed by atoms with van der Waals surface area (Å²) < 4.78 is 7.43. The molecule has 1 N–H and O–H groups in total. The molecule has 1 atom stereocenters. The van der Waals surface area contributed by atoms with E-state index in [1.807, 2.05) is 38.1 Å². The number of hydrogen-bond donors (Lipinski definition) is 1. The van der Waals surface area contributed by atoms with Gasteiger partial charge in [-0.1, -0.05) is 18.2 Å². The van der Waals surface area contributed by atoms with E-state index in [0.29, 0.717) is 23.3 Å². The molecule has 1 aromatic carbocycles. The molecule has 0 aliphatic carbocycles. The molecule has 1 fully saturated rings. The van der Waals surface area contributed by atoms with Crippen LogP contribution in [0.2, 0.25) is 0 Å². The van der Waals surface area contributed by atoms with E-state index in [-0.39, 0.29) is 6.10 Å². The van der Waals surface area contributed by atoms with Gasteiger partial charge in [-0.25, -0.2) is 4.68 Å². The van der Waals surface area contributed by atoms with Gasteiger partial charge in [0, 0.05) is 18.7 Å². The number of piperidine rings is 1. The topological polar surface area (TPSA) is 54.4 Å². The van der Waals surface area contributed by atoms with Gasteiger partial charge in [0.15, 0.2) is 0 Å². The van der Waals surface area contributed by atoms with Gasteiger partial charge in [-0.15, -0.1) is 5.10 Å². The van der Waals surface area contributed by atoms with Crippen molar-refractivity contribution in [2.75, 3.05) is 13.1 Å². The molecule has 0 saturated carbocycles. The van der Waals surface area contributed by atoms with Crippen LogP contribution >= 0.6 is 12.2 Å². The molecule has 0 bridgehead atoms. The van der Waals surface area contributed by atoms with Crippen LogP contribution in [0.1, 0.15) is 25.3 Å². The van der Waals surface area contributed by atoms with Crippen LogP contribution in [0, 0.1) is 17.7 Å². The summed E-state index contributed by atoms with van der Waals surface area (Å²) >= 11 is 5.32. The summed E-state index contributed by atoms with van der Waals surface area (Å²) in [4.78, 5) is 2.71. The minimum Gasteiger partial charge on any atom is -0.409 e. The lowest BCUT2D eigenvalue weighted by Gasteiger charge is -2.32. The normalized spacial score (nSPS) is 18.2. The number of aryl methyl sites for hydroxylation is 1. The molecular formula is C17H23N3O2S. The van der Waals surface area contributed by atoms with Crippen LogP contribution in [0.5, 0.6) is 0 Å². The maximum absolute atomic E-state index is 9.68. The predicted octanol–water partition coefficient (Wildman–Crippen LogP) is 3.23. The highest BCUT2D eigenvalue weighted by Gasteiger charge is 2.23. The van der Waals surface area contributed by atoms with Crippen LogP contribution < -0.4 is 0 Å². The fraction of sp³-hybridized carbons (Fsp3) is 0.529. The molecule has 0 amide bonds. The van der Waals surface area contributed by atoms with Crippen molar-refractivity contribution in [1.29, 1.82) is 0 Å². The first kappa shape index (κ1) is 16.4. The summed E-state index contributed by atoms with van der Waals surface area (Å²) in [6.07, 6.45) is 1.79. The zero-order chi connectivity index (χ0) is 16.4. The Morgan fingerprint density at radius 1 is 1.35 bits per heavy atom. The highest BCUT2D eigenvalue weighted by Crippen LogP contribution is 2.23. The molecule has 2 aromatic rings. The first-order chi connectivity index (χ1) is 11.0. The number of benzene rings is 1. The summed E-state index contributed by atoms with van der Waals surface area (Å²) in [5, 5.41) is 14.2. The molecule has 1 saturated heterocycles. The van der Waals surface area contributed by atoms with Gasteiger partial charge in [-0.3, -0.25) is 4.90 Å². The second-order valence-corrected chi connectivity index (χ2v) is 6.67. The fourth-order valence-corrected chi connectivity index (χ4v) is 3.26. The highest BCUT2D eigenvalue weighted by molar-refractivity contribution is 7.71. The van der Waals surface area contributed by atoms with E-state index in [0.717, 1.165) is 37.1 Å². The van der Waals surface area contributed by atoms with Crippen molar-refractivity contribution in [1.82, 2.24) is 14.7 Å². The van der Waals surface area contributed by atoms with Crippen molar-refractivity contribution in [2.24, 2.45) is 5.92 Å².